The Morgan fingerprint density at radius 3 is 3.14 bits per heavy atom. The quantitative estimate of drug-likeness (QED) is 0.670. The molecule has 2 saturated heterocycles. The van der Waals surface area contributed by atoms with Gasteiger partial charge in [0.15, 0.2) is 0 Å². The Morgan fingerprint density at radius 2 is 2.36 bits per heavy atom. The first-order valence-electron chi connectivity index (χ1n) is 5.62. The molecular weight excluding hydrogens is 174 g/mol. The fourth-order valence-electron chi connectivity index (χ4n) is 2.90. The van der Waals surface area contributed by atoms with Crippen LogP contribution in [0.1, 0.15) is 39.0 Å². The van der Waals surface area contributed by atoms with Crippen molar-refractivity contribution in [3.8, 4) is 11.8 Å². The first kappa shape index (κ1) is 10.0. The minimum absolute atomic E-state index is 0.430. The van der Waals surface area contributed by atoms with Gasteiger partial charge in [-0.05, 0) is 39.2 Å². The Bertz CT molecular complexity index is 265. The molecule has 0 amide bonds. The molecule has 14 heavy (non-hydrogen) atoms. The molecule has 2 aliphatic heterocycles. The van der Waals surface area contributed by atoms with E-state index in [2.05, 4.69) is 16.7 Å². The molecular formula is C12H19NO. The van der Waals surface area contributed by atoms with E-state index in [0.717, 1.165) is 25.8 Å². The van der Waals surface area contributed by atoms with Gasteiger partial charge < -0.3 is 5.11 Å². The predicted octanol–water partition coefficient (Wildman–Crippen LogP) is 1.39. The molecule has 2 heteroatoms. The van der Waals surface area contributed by atoms with Crippen LogP contribution in [0.2, 0.25) is 0 Å². The van der Waals surface area contributed by atoms with Crippen molar-refractivity contribution in [3.05, 3.63) is 0 Å². The maximum Gasteiger partial charge on any atom is 0.0823 e. The number of aliphatic hydroxyl groups is 1. The average Bonchev–Trinajstić information content (AvgIpc) is 2.72. The fraction of sp³-hybridized carbons (Fsp3) is 0.833. The highest BCUT2D eigenvalue weighted by molar-refractivity contribution is 5.05. The minimum Gasteiger partial charge on any atom is -0.388 e. The third-order valence-corrected chi connectivity index (χ3v) is 3.68. The first-order chi connectivity index (χ1) is 6.76. The van der Waals surface area contributed by atoms with Gasteiger partial charge in [0.25, 0.3) is 0 Å². The molecule has 0 aromatic carbocycles. The van der Waals surface area contributed by atoms with E-state index >= 15 is 0 Å². The zero-order chi connectivity index (χ0) is 10.0. The number of rotatable bonds is 2. The van der Waals surface area contributed by atoms with Gasteiger partial charge >= 0.3 is 0 Å². The molecule has 2 nitrogen and oxygen atoms in total. The van der Waals surface area contributed by atoms with Gasteiger partial charge in [-0.2, -0.15) is 0 Å². The summed E-state index contributed by atoms with van der Waals surface area (Å²) in [5, 5.41) is 10.5. The largest absolute Gasteiger partial charge is 0.388 e. The van der Waals surface area contributed by atoms with Gasteiger partial charge in [0, 0.05) is 19.0 Å². The van der Waals surface area contributed by atoms with Crippen LogP contribution in [0.15, 0.2) is 0 Å². The standard InChI is InChI=1S/C12H19NO/c1-2-3-4-7-12(14)8-10-13-9-5-6-11(12)13/h11,14H,4-10H2,1H3. The zero-order valence-electron chi connectivity index (χ0n) is 8.92. The number of nitrogens with zero attached hydrogens (tertiary/aromatic N) is 1. The van der Waals surface area contributed by atoms with Gasteiger partial charge in [-0.1, -0.05) is 0 Å². The highest BCUT2D eigenvalue weighted by Crippen LogP contribution is 2.38. The van der Waals surface area contributed by atoms with Gasteiger partial charge in [-0.3, -0.25) is 4.90 Å². The van der Waals surface area contributed by atoms with Crippen LogP contribution in [0.5, 0.6) is 0 Å². The highest BCUT2D eigenvalue weighted by Gasteiger charge is 2.47. The van der Waals surface area contributed by atoms with Crippen LogP contribution in [-0.2, 0) is 0 Å². The summed E-state index contributed by atoms with van der Waals surface area (Å²) in [6, 6.07) is 0.432. The van der Waals surface area contributed by atoms with Crippen LogP contribution in [-0.4, -0.2) is 34.7 Å². The summed E-state index contributed by atoms with van der Waals surface area (Å²) >= 11 is 0. The van der Waals surface area contributed by atoms with Crippen LogP contribution >= 0.6 is 0 Å². The van der Waals surface area contributed by atoms with E-state index in [-0.39, 0.29) is 0 Å². The van der Waals surface area contributed by atoms with E-state index in [4.69, 9.17) is 0 Å². The normalized spacial score (nSPS) is 36.6. The molecule has 2 atom stereocenters. The second kappa shape index (κ2) is 3.92. The van der Waals surface area contributed by atoms with Crippen molar-refractivity contribution in [2.75, 3.05) is 13.1 Å². The molecule has 0 aromatic rings. The Hall–Kier alpha value is -0.520. The second-order valence-electron chi connectivity index (χ2n) is 4.47. The second-order valence-corrected chi connectivity index (χ2v) is 4.47. The van der Waals surface area contributed by atoms with Crippen LogP contribution < -0.4 is 0 Å². The molecule has 0 spiro atoms. The lowest BCUT2D eigenvalue weighted by molar-refractivity contribution is 0.00719. The van der Waals surface area contributed by atoms with Crippen molar-refractivity contribution in [2.24, 2.45) is 0 Å². The Kier molecular flexibility index (Phi) is 2.80. The van der Waals surface area contributed by atoms with Crippen molar-refractivity contribution < 1.29 is 5.11 Å². The zero-order valence-corrected chi connectivity index (χ0v) is 8.92. The van der Waals surface area contributed by atoms with E-state index in [9.17, 15) is 5.11 Å². The highest BCUT2D eigenvalue weighted by atomic mass is 16.3. The number of hydrogen-bond donors (Lipinski definition) is 1. The van der Waals surface area contributed by atoms with Crippen molar-refractivity contribution in [1.82, 2.24) is 4.90 Å². The molecule has 0 aromatic heterocycles. The molecule has 78 valence electrons. The molecule has 0 aliphatic carbocycles. The van der Waals surface area contributed by atoms with Crippen molar-refractivity contribution in [3.63, 3.8) is 0 Å². The van der Waals surface area contributed by atoms with Crippen LogP contribution in [0, 0.1) is 11.8 Å². The smallest absolute Gasteiger partial charge is 0.0823 e. The van der Waals surface area contributed by atoms with E-state index in [1.54, 1.807) is 0 Å². The SMILES string of the molecule is CC#CCCC1(O)CCN2CCCC21. The fourth-order valence-corrected chi connectivity index (χ4v) is 2.90. The Labute approximate surface area is 86.3 Å². The third kappa shape index (κ3) is 1.67. The summed E-state index contributed by atoms with van der Waals surface area (Å²) in [5.74, 6) is 5.95. The molecule has 0 radical (unpaired) electrons. The number of hydrogen-bond acceptors (Lipinski definition) is 2. The summed E-state index contributed by atoms with van der Waals surface area (Å²) in [5.41, 5.74) is -0.430. The third-order valence-electron chi connectivity index (χ3n) is 3.68. The lowest BCUT2D eigenvalue weighted by atomic mass is 9.88. The molecule has 2 heterocycles. The first-order valence-corrected chi connectivity index (χ1v) is 5.62. The van der Waals surface area contributed by atoms with E-state index in [1.165, 1.54) is 19.4 Å². The van der Waals surface area contributed by atoms with Crippen LogP contribution in [0.3, 0.4) is 0 Å². The average molecular weight is 193 g/mol. The number of fused-ring (bicyclic) bond motifs is 1. The molecule has 1 N–H and O–H groups in total. The summed E-state index contributed by atoms with van der Waals surface area (Å²) in [7, 11) is 0. The summed E-state index contributed by atoms with van der Waals surface area (Å²) in [6.07, 6.45) is 5.08. The summed E-state index contributed by atoms with van der Waals surface area (Å²) < 4.78 is 0. The Morgan fingerprint density at radius 1 is 1.50 bits per heavy atom. The van der Waals surface area contributed by atoms with Crippen molar-refractivity contribution in [1.29, 1.82) is 0 Å². The maximum atomic E-state index is 10.5. The monoisotopic (exact) mass is 193 g/mol. The topological polar surface area (TPSA) is 23.5 Å². The molecule has 2 fully saturated rings. The van der Waals surface area contributed by atoms with E-state index < -0.39 is 5.60 Å². The lowest BCUT2D eigenvalue weighted by Crippen LogP contribution is -2.40. The maximum absolute atomic E-state index is 10.5. The van der Waals surface area contributed by atoms with Gasteiger partial charge in [-0.25, -0.2) is 0 Å². The van der Waals surface area contributed by atoms with Crippen LogP contribution in [0.4, 0.5) is 0 Å². The van der Waals surface area contributed by atoms with Crippen LogP contribution in [0.25, 0.3) is 0 Å². The molecule has 0 bridgehead atoms. The van der Waals surface area contributed by atoms with Gasteiger partial charge in [0.1, 0.15) is 0 Å². The van der Waals surface area contributed by atoms with Crippen molar-refractivity contribution >= 4 is 0 Å². The summed E-state index contributed by atoms with van der Waals surface area (Å²) in [4.78, 5) is 2.44. The van der Waals surface area contributed by atoms with Crippen molar-refractivity contribution in [2.45, 2.75) is 50.7 Å². The van der Waals surface area contributed by atoms with E-state index in [0.29, 0.717) is 6.04 Å². The predicted molar refractivity (Wildman–Crippen MR) is 56.8 cm³/mol. The molecule has 0 saturated carbocycles. The lowest BCUT2D eigenvalue weighted by Gasteiger charge is -2.29. The molecule has 2 rings (SSSR count). The molecule has 2 unspecified atom stereocenters. The van der Waals surface area contributed by atoms with Gasteiger partial charge in [0.05, 0.1) is 5.60 Å². The van der Waals surface area contributed by atoms with E-state index in [1.807, 2.05) is 6.92 Å². The Balaban J connectivity index is 1.96. The summed E-state index contributed by atoms with van der Waals surface area (Å²) in [6.45, 7) is 4.13. The minimum atomic E-state index is -0.430. The van der Waals surface area contributed by atoms with Gasteiger partial charge in [-0.15, -0.1) is 11.8 Å². The van der Waals surface area contributed by atoms with Gasteiger partial charge in [0.2, 0.25) is 0 Å². The molecule has 2 aliphatic rings.